The van der Waals surface area contributed by atoms with Crippen molar-refractivity contribution in [2.24, 2.45) is 0 Å². The number of rotatable bonds is 50. The summed E-state index contributed by atoms with van der Waals surface area (Å²) in [4.78, 5) is 12.9. The van der Waals surface area contributed by atoms with E-state index >= 15 is 0 Å². The Bertz CT molecular complexity index is 1280. The van der Waals surface area contributed by atoms with Crippen LogP contribution in [0.4, 0.5) is 0 Å². The van der Waals surface area contributed by atoms with Gasteiger partial charge in [-0.3, -0.25) is 9.35 Å². The molecule has 0 saturated carbocycles. The molecule has 0 aliphatic carbocycles. The van der Waals surface area contributed by atoms with E-state index in [1.54, 1.807) is 0 Å². The van der Waals surface area contributed by atoms with E-state index in [1.165, 1.54) is 186 Å². The van der Waals surface area contributed by atoms with Crippen molar-refractivity contribution in [2.75, 3.05) is 26.4 Å². The van der Waals surface area contributed by atoms with Gasteiger partial charge in [-0.1, -0.05) is 212 Å². The Morgan fingerprint density at radius 2 is 0.926 bits per heavy atom. The lowest BCUT2D eigenvalue weighted by molar-refractivity contribution is -0.301. The second-order valence-electron chi connectivity index (χ2n) is 19.5. The SMILES string of the molecule is CCCCCCCC/C=C\CCCCCCCCCC(=O)OC(COCCCCCCCCCCCCCC/C=C\CCCCCCCCCC)COC1OC(CO)C(O)C(OS(=O)(=O)O)C1O. The lowest BCUT2D eigenvalue weighted by Gasteiger charge is -2.41. The van der Waals surface area contributed by atoms with Crippen LogP contribution in [0.3, 0.4) is 0 Å². The summed E-state index contributed by atoms with van der Waals surface area (Å²) in [5.41, 5.74) is 0. The van der Waals surface area contributed by atoms with Gasteiger partial charge in [-0.05, 0) is 64.2 Å². The Morgan fingerprint density at radius 1 is 0.544 bits per heavy atom. The Labute approximate surface area is 416 Å². The zero-order valence-electron chi connectivity index (χ0n) is 43.4. The van der Waals surface area contributed by atoms with Gasteiger partial charge in [0.15, 0.2) is 6.29 Å². The summed E-state index contributed by atoms with van der Waals surface area (Å²) in [7, 11) is -5.06. The first kappa shape index (κ1) is 64.6. The van der Waals surface area contributed by atoms with E-state index in [9.17, 15) is 33.1 Å². The molecule has 1 aliphatic rings. The predicted octanol–water partition coefficient (Wildman–Crippen LogP) is 13.5. The first-order valence-corrected chi connectivity index (χ1v) is 29.5. The van der Waals surface area contributed by atoms with Crippen LogP contribution < -0.4 is 0 Å². The van der Waals surface area contributed by atoms with Crippen LogP contribution in [0.5, 0.6) is 0 Å². The summed E-state index contributed by atoms with van der Waals surface area (Å²) >= 11 is 0. The maximum atomic E-state index is 12.9. The van der Waals surface area contributed by atoms with E-state index in [2.05, 4.69) is 42.3 Å². The van der Waals surface area contributed by atoms with Gasteiger partial charge in [0.2, 0.25) is 0 Å². The molecular weight excluding hydrogens is 885 g/mol. The molecule has 1 aliphatic heterocycles. The smallest absolute Gasteiger partial charge is 0.397 e. The Kier molecular flexibility index (Phi) is 44.3. The molecule has 0 spiro atoms. The molecule has 0 aromatic carbocycles. The number of esters is 1. The quantitative estimate of drug-likeness (QED) is 0.0196. The molecule has 6 unspecified atom stereocenters. The maximum absolute atomic E-state index is 12.9. The average Bonchev–Trinajstić information content (AvgIpc) is 3.31. The van der Waals surface area contributed by atoms with Gasteiger partial charge in [-0.25, -0.2) is 4.18 Å². The first-order chi connectivity index (χ1) is 33.1. The van der Waals surface area contributed by atoms with E-state index in [0.717, 1.165) is 44.9 Å². The Morgan fingerprint density at radius 3 is 1.32 bits per heavy atom. The van der Waals surface area contributed by atoms with Crippen LogP contribution in [-0.2, 0) is 38.3 Å². The van der Waals surface area contributed by atoms with Gasteiger partial charge >= 0.3 is 16.4 Å². The number of carbonyl (C=O) groups is 1. The lowest BCUT2D eigenvalue weighted by atomic mass is 9.99. The molecule has 0 bridgehead atoms. The molecule has 12 nitrogen and oxygen atoms in total. The highest BCUT2D eigenvalue weighted by Crippen LogP contribution is 2.26. The second-order valence-corrected chi connectivity index (χ2v) is 20.6. The van der Waals surface area contributed by atoms with Crippen molar-refractivity contribution < 1.29 is 56.2 Å². The van der Waals surface area contributed by atoms with Crippen LogP contribution in [0, 0.1) is 0 Å². The number of carbonyl (C=O) groups excluding carboxylic acids is 1. The zero-order valence-corrected chi connectivity index (χ0v) is 44.3. The first-order valence-electron chi connectivity index (χ1n) is 28.1. The van der Waals surface area contributed by atoms with Gasteiger partial charge in [0.1, 0.15) is 30.5 Å². The molecule has 1 fully saturated rings. The number of ether oxygens (including phenoxy) is 4. The summed E-state index contributed by atoms with van der Waals surface area (Å²) in [5, 5.41) is 30.8. The summed E-state index contributed by atoms with van der Waals surface area (Å²) < 4.78 is 59.4. The van der Waals surface area contributed by atoms with Crippen LogP contribution >= 0.6 is 0 Å². The standard InChI is InChI=1S/C55H104O12S/c1-3-5-7-9-11-13-15-17-19-21-22-23-24-25-26-27-29-31-33-35-37-39-41-43-45-63-47-49(48-64-55-53(59)54(67-68(60,61)62)52(58)50(46-56)66-55)65-51(57)44-42-40-38-36-34-32-30-28-20-18-16-14-12-10-8-6-4-2/h18,20-22,49-50,52-56,58-59H,3-17,19,23-48H2,1-2H3,(H,60,61,62)/b20-18-,22-21-. The average molecular weight is 989 g/mol. The topological polar surface area (TPSA) is 178 Å². The molecule has 0 amide bonds. The molecule has 402 valence electrons. The fraction of sp³-hybridized carbons (Fsp3) is 0.909. The maximum Gasteiger partial charge on any atom is 0.397 e. The van der Waals surface area contributed by atoms with Crippen molar-refractivity contribution in [3.05, 3.63) is 24.3 Å². The number of hydrogen-bond acceptors (Lipinski definition) is 11. The van der Waals surface area contributed by atoms with Crippen molar-refractivity contribution in [1.29, 1.82) is 0 Å². The molecular formula is C55H104O12S. The predicted molar refractivity (Wildman–Crippen MR) is 276 cm³/mol. The van der Waals surface area contributed by atoms with Crippen molar-refractivity contribution >= 4 is 16.4 Å². The van der Waals surface area contributed by atoms with Gasteiger partial charge in [0.05, 0.1) is 19.8 Å². The van der Waals surface area contributed by atoms with Crippen LogP contribution in [0.2, 0.25) is 0 Å². The highest BCUT2D eigenvalue weighted by Gasteiger charge is 2.48. The van der Waals surface area contributed by atoms with Gasteiger partial charge in [-0.15, -0.1) is 0 Å². The van der Waals surface area contributed by atoms with E-state index in [4.69, 9.17) is 18.9 Å². The number of hydrogen-bond donors (Lipinski definition) is 4. The van der Waals surface area contributed by atoms with Crippen LogP contribution in [-0.4, -0.2) is 97.5 Å². The van der Waals surface area contributed by atoms with Crippen molar-refractivity contribution in [2.45, 2.75) is 295 Å². The fourth-order valence-corrected chi connectivity index (χ4v) is 9.29. The molecule has 1 heterocycles. The third-order valence-electron chi connectivity index (χ3n) is 13.0. The van der Waals surface area contributed by atoms with Gasteiger partial charge < -0.3 is 34.3 Å². The number of aliphatic hydroxyl groups is 3. The van der Waals surface area contributed by atoms with Crippen molar-refractivity contribution in [1.82, 2.24) is 0 Å². The van der Waals surface area contributed by atoms with E-state index in [0.29, 0.717) is 13.0 Å². The number of allylic oxidation sites excluding steroid dienone is 4. The molecule has 6 atom stereocenters. The van der Waals surface area contributed by atoms with Crippen molar-refractivity contribution in [3.63, 3.8) is 0 Å². The third kappa shape index (κ3) is 39.2. The molecule has 0 radical (unpaired) electrons. The molecule has 0 aromatic rings. The largest absolute Gasteiger partial charge is 0.457 e. The molecule has 1 rings (SSSR count). The van der Waals surface area contributed by atoms with Crippen molar-refractivity contribution in [3.8, 4) is 0 Å². The Hall–Kier alpha value is -1.42. The minimum atomic E-state index is -5.06. The number of aliphatic hydroxyl groups excluding tert-OH is 3. The fourth-order valence-electron chi connectivity index (χ4n) is 8.78. The summed E-state index contributed by atoms with van der Waals surface area (Å²) in [6, 6.07) is 0. The molecule has 13 heteroatoms. The lowest BCUT2D eigenvalue weighted by Crippen LogP contribution is -2.60. The van der Waals surface area contributed by atoms with Crippen LogP contribution in [0.25, 0.3) is 0 Å². The molecule has 0 aromatic heterocycles. The van der Waals surface area contributed by atoms with E-state index in [1.807, 2.05) is 0 Å². The Balaban J connectivity index is 2.29. The number of unbranched alkanes of at least 4 members (excludes halogenated alkanes) is 33. The van der Waals surface area contributed by atoms with Gasteiger partial charge in [-0.2, -0.15) is 8.42 Å². The minimum Gasteiger partial charge on any atom is -0.457 e. The van der Waals surface area contributed by atoms with Crippen LogP contribution in [0.1, 0.15) is 258 Å². The monoisotopic (exact) mass is 989 g/mol. The molecule has 4 N–H and O–H groups in total. The molecule has 68 heavy (non-hydrogen) atoms. The normalized spacial score (nSPS) is 19.4. The third-order valence-corrected chi connectivity index (χ3v) is 13.5. The highest BCUT2D eigenvalue weighted by atomic mass is 32.3. The zero-order chi connectivity index (χ0) is 49.6. The summed E-state index contributed by atoms with van der Waals surface area (Å²) in [6.45, 7) is 4.03. The molecule has 1 saturated heterocycles. The minimum absolute atomic E-state index is 0.0375. The second kappa shape index (κ2) is 46.6. The summed E-state index contributed by atoms with van der Waals surface area (Å²) in [5.74, 6) is -0.400. The van der Waals surface area contributed by atoms with Gasteiger partial charge in [0.25, 0.3) is 0 Å². The van der Waals surface area contributed by atoms with Crippen LogP contribution in [0.15, 0.2) is 24.3 Å². The summed E-state index contributed by atoms with van der Waals surface area (Å²) in [6.07, 6.45) is 46.4. The van der Waals surface area contributed by atoms with E-state index in [-0.39, 0.29) is 19.6 Å². The van der Waals surface area contributed by atoms with E-state index < -0.39 is 59.8 Å². The highest BCUT2D eigenvalue weighted by molar-refractivity contribution is 7.80. The van der Waals surface area contributed by atoms with Gasteiger partial charge in [0, 0.05) is 13.0 Å².